The first kappa shape index (κ1) is 65.4. The third-order valence-corrected chi connectivity index (χ3v) is 14.5. The molecular formula is C48H53F17N3O8S2+. The van der Waals surface area contributed by atoms with E-state index in [0.29, 0.717) is 29.9 Å². The molecule has 1 amide bonds. The average Bonchev–Trinajstić information content (AvgIpc) is 3.65. The van der Waals surface area contributed by atoms with Gasteiger partial charge in [0.15, 0.2) is 5.71 Å². The topological polar surface area (TPSA) is 153 Å². The van der Waals surface area contributed by atoms with Crippen molar-refractivity contribution < 1.29 is 115 Å². The number of allylic oxidation sites excluding steroid dienone is 8. The molecule has 2 aliphatic rings. The summed E-state index contributed by atoms with van der Waals surface area (Å²) in [5, 5.41) is 2.25. The molecule has 0 aliphatic carbocycles. The first-order valence-corrected chi connectivity index (χ1v) is 26.4. The Morgan fingerprint density at radius 1 is 0.641 bits per heavy atom. The number of hydrogen-bond donors (Lipinski definition) is 3. The highest BCUT2D eigenvalue weighted by molar-refractivity contribution is 7.86. The summed E-state index contributed by atoms with van der Waals surface area (Å²) in [5.74, 6) is -59.0. The Morgan fingerprint density at radius 3 is 1.74 bits per heavy atom. The molecule has 3 N–H and O–H groups in total. The molecule has 4 rings (SSSR count). The van der Waals surface area contributed by atoms with Crippen molar-refractivity contribution in [3.05, 3.63) is 107 Å². The van der Waals surface area contributed by atoms with Crippen LogP contribution in [0.2, 0.25) is 0 Å². The van der Waals surface area contributed by atoms with Gasteiger partial charge in [-0.15, -0.1) is 0 Å². The van der Waals surface area contributed by atoms with Gasteiger partial charge in [0.2, 0.25) is 5.69 Å². The van der Waals surface area contributed by atoms with Crippen LogP contribution in [0.15, 0.2) is 90.7 Å². The van der Waals surface area contributed by atoms with Gasteiger partial charge < -0.3 is 15.0 Å². The molecule has 0 atom stereocenters. The maximum atomic E-state index is 14.3. The molecule has 0 bridgehead atoms. The number of para-hydroxylation sites is 1. The Balaban J connectivity index is 1.45. The summed E-state index contributed by atoms with van der Waals surface area (Å²) in [5.41, 5.74) is 3.34. The van der Waals surface area contributed by atoms with Gasteiger partial charge in [0, 0.05) is 66.0 Å². The smallest absolute Gasteiger partial charge is 0.379 e. The summed E-state index contributed by atoms with van der Waals surface area (Å²) < 4.78 is 301. The van der Waals surface area contributed by atoms with Crippen LogP contribution in [-0.4, -0.2) is 134 Å². The van der Waals surface area contributed by atoms with Gasteiger partial charge in [-0.25, -0.2) is 0 Å². The molecule has 0 radical (unpaired) electrons. The van der Waals surface area contributed by atoms with Gasteiger partial charge in [0.1, 0.15) is 6.54 Å². The molecule has 2 aromatic carbocycles. The van der Waals surface area contributed by atoms with Crippen LogP contribution in [0.4, 0.5) is 86.0 Å². The van der Waals surface area contributed by atoms with Gasteiger partial charge >= 0.3 is 47.6 Å². The second kappa shape index (κ2) is 23.2. The third-order valence-electron chi connectivity index (χ3n) is 12.9. The van der Waals surface area contributed by atoms with Crippen LogP contribution >= 0.6 is 0 Å². The minimum Gasteiger partial charge on any atom is -0.379 e. The van der Waals surface area contributed by atoms with Gasteiger partial charge in [-0.3, -0.25) is 13.9 Å². The van der Waals surface area contributed by atoms with E-state index < -0.39 is 117 Å². The molecule has 30 heteroatoms. The number of halogens is 17. The monoisotopic (exact) mass is 1190 g/mol. The van der Waals surface area contributed by atoms with E-state index in [-0.39, 0.29) is 37.1 Å². The van der Waals surface area contributed by atoms with Crippen LogP contribution in [0.1, 0.15) is 81.3 Å². The van der Waals surface area contributed by atoms with Crippen molar-refractivity contribution in [1.82, 2.24) is 5.32 Å². The fraction of sp³-hybridized carbons (Fsp3) is 0.542. The number of hydrogen-bond acceptors (Lipinski definition) is 7. The molecule has 78 heavy (non-hydrogen) atoms. The molecule has 438 valence electrons. The quantitative estimate of drug-likeness (QED) is 0.0261. The fourth-order valence-electron chi connectivity index (χ4n) is 8.53. The first-order chi connectivity index (χ1) is 35.4. The van der Waals surface area contributed by atoms with Gasteiger partial charge in [0.25, 0.3) is 26.1 Å². The summed E-state index contributed by atoms with van der Waals surface area (Å²) in [6, 6.07) is 12.1. The molecule has 2 aromatic rings. The number of nitrogens with one attached hydrogen (secondary N) is 1. The molecule has 0 saturated heterocycles. The van der Waals surface area contributed by atoms with Crippen molar-refractivity contribution in [2.75, 3.05) is 49.3 Å². The lowest BCUT2D eigenvalue weighted by Gasteiger charge is -2.42. The molecule has 0 fully saturated rings. The number of carbonyl (C=O) groups is 1. The lowest BCUT2D eigenvalue weighted by Crippen LogP contribution is -2.74. The highest BCUT2D eigenvalue weighted by Gasteiger charge is 2.95. The second-order valence-corrected chi connectivity index (χ2v) is 22.3. The van der Waals surface area contributed by atoms with E-state index in [1.165, 1.54) is 18.2 Å². The van der Waals surface area contributed by atoms with Crippen LogP contribution in [0.25, 0.3) is 0 Å². The van der Waals surface area contributed by atoms with Crippen molar-refractivity contribution in [1.29, 1.82) is 0 Å². The van der Waals surface area contributed by atoms with Gasteiger partial charge in [-0.05, 0) is 62.9 Å². The van der Waals surface area contributed by atoms with Gasteiger partial charge in [-0.1, -0.05) is 62.4 Å². The Labute approximate surface area is 437 Å². The number of anilines is 1. The number of rotatable bonds is 27. The molecule has 11 nitrogen and oxygen atoms in total. The Kier molecular flexibility index (Phi) is 19.5. The Hall–Kier alpha value is -5.07. The van der Waals surface area contributed by atoms with E-state index in [0.717, 1.165) is 16.9 Å². The number of amides is 1. The minimum atomic E-state index is -8.73. The Morgan fingerprint density at radius 2 is 1.17 bits per heavy atom. The highest BCUT2D eigenvalue weighted by atomic mass is 32.2. The molecule has 0 unspecified atom stereocenters. The van der Waals surface area contributed by atoms with Crippen molar-refractivity contribution in [2.45, 2.75) is 118 Å². The predicted molar refractivity (Wildman–Crippen MR) is 251 cm³/mol. The van der Waals surface area contributed by atoms with E-state index >= 15 is 0 Å². The van der Waals surface area contributed by atoms with Crippen LogP contribution in [0, 0.1) is 0 Å². The maximum absolute atomic E-state index is 14.3. The maximum Gasteiger partial charge on any atom is 0.460 e. The van der Waals surface area contributed by atoms with Gasteiger partial charge in [-0.2, -0.15) is 96.0 Å². The van der Waals surface area contributed by atoms with Crippen LogP contribution < -0.4 is 10.2 Å². The standard InChI is InChI=1S/C48H52F17N3O8S2/c1-39(2)32-16-10-11-17-34(32)67(24-12-14-28-77(70,71)72)36(39)18-8-6-5-7-9-19-37-40(3,4)33-30-31(20-21-35(33)68(37)25-13-15-29-78(73,74)75)38(69)66-23-27-76-26-22-41(49,50)42(51,52)43(53,54)44(55,56)45(57,58)46(59,60)47(61,62)48(63,64)65/h5-11,16-21,30H,12-15,22-29H2,1-4H3,(H2-,66,69,70,71,72,73,74,75)/p+1. The zero-order valence-electron chi connectivity index (χ0n) is 41.5. The number of unbranched alkanes of at least 4 members (excludes halogenated alkanes) is 2. The van der Waals surface area contributed by atoms with E-state index in [1.54, 1.807) is 44.2 Å². The summed E-state index contributed by atoms with van der Waals surface area (Å²) in [7, 11) is -8.42. The lowest BCUT2D eigenvalue weighted by atomic mass is 9.80. The summed E-state index contributed by atoms with van der Waals surface area (Å²) in [4.78, 5) is 15.3. The van der Waals surface area contributed by atoms with E-state index in [9.17, 15) is 101 Å². The number of fused-ring (bicyclic) bond motifs is 2. The highest BCUT2D eigenvalue weighted by Crippen LogP contribution is 2.64. The molecule has 2 aliphatic heterocycles. The predicted octanol–water partition coefficient (Wildman–Crippen LogP) is 11.9. The normalized spacial score (nSPS) is 17.6. The zero-order chi connectivity index (χ0) is 59.6. The lowest BCUT2D eigenvalue weighted by molar-refractivity contribution is -0.462. The van der Waals surface area contributed by atoms with E-state index in [1.807, 2.05) is 54.8 Å². The number of ether oxygens (including phenoxy) is 1. The molecule has 0 aromatic heterocycles. The number of alkyl halides is 17. The van der Waals surface area contributed by atoms with Crippen molar-refractivity contribution in [3.63, 3.8) is 0 Å². The molecule has 2 heterocycles. The number of nitrogens with zero attached hydrogens (tertiary/aromatic N) is 2. The number of carbonyl (C=O) groups excluding carboxylic acids is 1. The summed E-state index contributed by atoms with van der Waals surface area (Å²) in [6.07, 6.45) is 2.79. The minimum absolute atomic E-state index is 0.0487. The van der Waals surface area contributed by atoms with Crippen LogP contribution in [0.3, 0.4) is 0 Å². The van der Waals surface area contributed by atoms with Crippen molar-refractivity contribution >= 4 is 43.2 Å². The summed E-state index contributed by atoms with van der Waals surface area (Å²) >= 11 is 0. The zero-order valence-corrected chi connectivity index (χ0v) is 43.2. The summed E-state index contributed by atoms with van der Waals surface area (Å²) in [6.45, 7) is 4.92. The SMILES string of the molecule is CC1(C)C(=CC=CC=CC=CC2=[N+](CCCCS(=O)(=O)O)c3ccc(C(=O)NCCOCCC(F)(F)C(F)(F)C(F)(F)C(F)(F)C(F)(F)C(F)(F)C(F)(F)C(F)(F)F)cc3C2(C)C)N(CCCCS(=O)(=O)O)c2ccccc21. The average molecular weight is 1190 g/mol. The second-order valence-electron chi connectivity index (χ2n) is 19.1. The number of benzene rings is 2. The van der Waals surface area contributed by atoms with E-state index in [2.05, 4.69) is 15.0 Å². The molecule has 0 saturated carbocycles. The van der Waals surface area contributed by atoms with Crippen LogP contribution in [-0.2, 0) is 35.8 Å². The van der Waals surface area contributed by atoms with Crippen molar-refractivity contribution in [2.24, 2.45) is 0 Å². The van der Waals surface area contributed by atoms with Gasteiger partial charge in [0.05, 0.1) is 30.1 Å². The largest absolute Gasteiger partial charge is 0.460 e. The molecule has 0 spiro atoms. The molecular weight excluding hydrogens is 1130 g/mol. The van der Waals surface area contributed by atoms with Crippen LogP contribution in [0.5, 0.6) is 0 Å². The Bertz CT molecular complexity index is 2900. The fourth-order valence-corrected chi connectivity index (χ4v) is 9.67. The first-order valence-electron chi connectivity index (χ1n) is 23.2. The van der Waals surface area contributed by atoms with E-state index in [4.69, 9.17) is 4.55 Å². The third kappa shape index (κ3) is 13.2. The van der Waals surface area contributed by atoms with Crippen molar-refractivity contribution in [3.8, 4) is 0 Å².